The first-order valence-corrected chi connectivity index (χ1v) is 7.48. The molecule has 0 aliphatic heterocycles. The van der Waals surface area contributed by atoms with Gasteiger partial charge in [0, 0.05) is 12.5 Å². The topological polar surface area (TPSA) is 12.0 Å². The van der Waals surface area contributed by atoms with Gasteiger partial charge >= 0.3 is 0 Å². The lowest BCUT2D eigenvalue weighted by atomic mass is 9.99. The molecular formula is C19H23N. The van der Waals surface area contributed by atoms with Gasteiger partial charge in [0.25, 0.3) is 0 Å². The molecule has 1 heteroatoms. The third-order valence-electron chi connectivity index (χ3n) is 3.62. The number of fused-ring (bicyclic) bond motifs is 1. The van der Waals surface area contributed by atoms with Crippen molar-refractivity contribution < 1.29 is 0 Å². The lowest BCUT2D eigenvalue weighted by Gasteiger charge is -2.18. The van der Waals surface area contributed by atoms with Crippen molar-refractivity contribution >= 4 is 10.8 Å². The predicted molar refractivity (Wildman–Crippen MR) is 87.8 cm³/mol. The van der Waals surface area contributed by atoms with Crippen LogP contribution in [0.4, 0.5) is 0 Å². The van der Waals surface area contributed by atoms with Gasteiger partial charge in [0.1, 0.15) is 0 Å². The van der Waals surface area contributed by atoms with E-state index in [1.54, 1.807) is 0 Å². The molecule has 20 heavy (non-hydrogen) atoms. The summed E-state index contributed by atoms with van der Waals surface area (Å²) in [5.74, 6) is 2.75. The van der Waals surface area contributed by atoms with Gasteiger partial charge in [-0.15, -0.1) is 12.3 Å². The molecule has 0 saturated carbocycles. The highest BCUT2D eigenvalue weighted by Gasteiger charge is 2.08. The first kappa shape index (κ1) is 14.6. The lowest BCUT2D eigenvalue weighted by molar-refractivity contribution is 0.483. The number of hydrogen-bond donors (Lipinski definition) is 1. The average molecular weight is 265 g/mol. The Morgan fingerprint density at radius 1 is 1.15 bits per heavy atom. The summed E-state index contributed by atoms with van der Waals surface area (Å²) in [5.41, 5.74) is 1.38. The Bertz CT molecular complexity index is 580. The molecule has 1 nitrogen and oxygen atoms in total. The highest BCUT2D eigenvalue weighted by molar-refractivity contribution is 5.82. The minimum absolute atomic E-state index is 0.479. The van der Waals surface area contributed by atoms with Crippen LogP contribution < -0.4 is 5.32 Å². The molecule has 0 bridgehead atoms. The molecule has 1 atom stereocenters. The zero-order valence-electron chi connectivity index (χ0n) is 12.2. The van der Waals surface area contributed by atoms with Crippen LogP contribution in [-0.2, 0) is 6.42 Å². The molecule has 104 valence electrons. The molecule has 0 aromatic heterocycles. The van der Waals surface area contributed by atoms with Gasteiger partial charge in [-0.2, -0.15) is 0 Å². The van der Waals surface area contributed by atoms with Crippen LogP contribution in [0.2, 0.25) is 0 Å². The van der Waals surface area contributed by atoms with Crippen molar-refractivity contribution in [2.75, 3.05) is 6.54 Å². The van der Waals surface area contributed by atoms with E-state index in [0.29, 0.717) is 6.04 Å². The van der Waals surface area contributed by atoms with Gasteiger partial charge in [0.15, 0.2) is 0 Å². The molecule has 2 aromatic carbocycles. The van der Waals surface area contributed by atoms with Crippen molar-refractivity contribution in [1.82, 2.24) is 5.32 Å². The molecule has 1 N–H and O–H groups in total. The summed E-state index contributed by atoms with van der Waals surface area (Å²) >= 11 is 0. The summed E-state index contributed by atoms with van der Waals surface area (Å²) in [7, 11) is 0. The Kier molecular flexibility index (Phi) is 5.65. The van der Waals surface area contributed by atoms with E-state index in [2.05, 4.69) is 60.6 Å². The van der Waals surface area contributed by atoms with E-state index in [-0.39, 0.29) is 0 Å². The summed E-state index contributed by atoms with van der Waals surface area (Å²) in [4.78, 5) is 0. The highest BCUT2D eigenvalue weighted by atomic mass is 14.9. The third-order valence-corrected chi connectivity index (χ3v) is 3.62. The third kappa shape index (κ3) is 4.11. The smallest absolute Gasteiger partial charge is 0.0116 e. The van der Waals surface area contributed by atoms with Crippen LogP contribution in [0.5, 0.6) is 0 Å². The van der Waals surface area contributed by atoms with E-state index < -0.39 is 0 Å². The molecule has 1 unspecified atom stereocenters. The van der Waals surface area contributed by atoms with Crippen LogP contribution in [0.15, 0.2) is 42.5 Å². The highest BCUT2D eigenvalue weighted by Crippen LogP contribution is 2.17. The molecule has 0 amide bonds. The number of benzene rings is 2. The standard InChI is InChI=1S/C19H23N/c1-3-5-10-19(20-13-4-2)15-16-11-12-17-8-6-7-9-18(17)14-16/h1,6-9,11-12,14,19-20H,4-5,10,13,15H2,2H3. The number of terminal acetylenes is 1. The van der Waals surface area contributed by atoms with Crippen LogP contribution in [-0.4, -0.2) is 12.6 Å². The Morgan fingerprint density at radius 3 is 2.70 bits per heavy atom. The summed E-state index contributed by atoms with van der Waals surface area (Å²) < 4.78 is 0. The summed E-state index contributed by atoms with van der Waals surface area (Å²) in [6.45, 7) is 3.25. The fourth-order valence-electron chi connectivity index (χ4n) is 2.53. The van der Waals surface area contributed by atoms with E-state index in [1.165, 1.54) is 16.3 Å². The quantitative estimate of drug-likeness (QED) is 0.741. The summed E-state index contributed by atoms with van der Waals surface area (Å²) in [6, 6.07) is 15.7. The molecule has 0 heterocycles. The van der Waals surface area contributed by atoms with Crippen molar-refractivity contribution in [2.24, 2.45) is 0 Å². The van der Waals surface area contributed by atoms with E-state index in [4.69, 9.17) is 6.42 Å². The Balaban J connectivity index is 2.08. The minimum Gasteiger partial charge on any atom is -0.314 e. The maximum absolute atomic E-state index is 5.40. The number of hydrogen-bond acceptors (Lipinski definition) is 1. The lowest BCUT2D eigenvalue weighted by Crippen LogP contribution is -2.31. The van der Waals surface area contributed by atoms with E-state index in [9.17, 15) is 0 Å². The van der Waals surface area contributed by atoms with Crippen LogP contribution in [0.3, 0.4) is 0 Å². The monoisotopic (exact) mass is 265 g/mol. The fourth-order valence-corrected chi connectivity index (χ4v) is 2.53. The molecule has 0 aliphatic carbocycles. The number of rotatable bonds is 7. The van der Waals surface area contributed by atoms with E-state index >= 15 is 0 Å². The van der Waals surface area contributed by atoms with Crippen molar-refractivity contribution in [3.05, 3.63) is 48.0 Å². The van der Waals surface area contributed by atoms with Gasteiger partial charge in [-0.3, -0.25) is 0 Å². The molecule has 0 spiro atoms. The van der Waals surface area contributed by atoms with Crippen molar-refractivity contribution in [3.63, 3.8) is 0 Å². The maximum atomic E-state index is 5.40. The van der Waals surface area contributed by atoms with Crippen LogP contribution in [0.25, 0.3) is 10.8 Å². The minimum atomic E-state index is 0.479. The first-order valence-electron chi connectivity index (χ1n) is 7.48. The summed E-state index contributed by atoms with van der Waals surface area (Å²) in [6.07, 6.45) is 9.49. The van der Waals surface area contributed by atoms with Crippen molar-refractivity contribution in [1.29, 1.82) is 0 Å². The van der Waals surface area contributed by atoms with Crippen LogP contribution in [0, 0.1) is 12.3 Å². The summed E-state index contributed by atoms with van der Waals surface area (Å²) in [5, 5.41) is 6.22. The second-order valence-electron chi connectivity index (χ2n) is 5.28. The van der Waals surface area contributed by atoms with Gasteiger partial charge < -0.3 is 5.32 Å². The molecule has 0 radical (unpaired) electrons. The van der Waals surface area contributed by atoms with Crippen molar-refractivity contribution in [2.45, 2.75) is 38.6 Å². The zero-order chi connectivity index (χ0) is 14.2. The van der Waals surface area contributed by atoms with E-state index in [1.807, 2.05) is 0 Å². The van der Waals surface area contributed by atoms with Gasteiger partial charge in [0.2, 0.25) is 0 Å². The maximum Gasteiger partial charge on any atom is 0.0116 e. The van der Waals surface area contributed by atoms with E-state index in [0.717, 1.165) is 32.2 Å². The molecular weight excluding hydrogens is 242 g/mol. The predicted octanol–water partition coefficient (Wildman–Crippen LogP) is 4.16. The zero-order valence-corrected chi connectivity index (χ0v) is 12.2. The Hall–Kier alpha value is -1.78. The Labute approximate surface area is 122 Å². The molecule has 0 aliphatic rings. The van der Waals surface area contributed by atoms with Gasteiger partial charge in [-0.25, -0.2) is 0 Å². The normalized spacial score (nSPS) is 12.2. The van der Waals surface area contributed by atoms with Crippen molar-refractivity contribution in [3.8, 4) is 12.3 Å². The second kappa shape index (κ2) is 7.72. The average Bonchev–Trinajstić information content (AvgIpc) is 2.50. The van der Waals surface area contributed by atoms with Crippen LogP contribution in [0.1, 0.15) is 31.7 Å². The molecule has 2 rings (SSSR count). The Morgan fingerprint density at radius 2 is 1.95 bits per heavy atom. The van der Waals surface area contributed by atoms with Gasteiger partial charge in [-0.1, -0.05) is 49.4 Å². The van der Waals surface area contributed by atoms with Gasteiger partial charge in [0.05, 0.1) is 0 Å². The van der Waals surface area contributed by atoms with Gasteiger partial charge in [-0.05, 0) is 42.1 Å². The SMILES string of the molecule is C#CCCC(Cc1ccc2ccccc2c1)NCCC. The first-order chi connectivity index (χ1) is 9.83. The fraction of sp³-hybridized carbons (Fsp3) is 0.368. The molecule has 0 saturated heterocycles. The number of nitrogens with one attached hydrogen (secondary N) is 1. The molecule has 0 fully saturated rings. The largest absolute Gasteiger partial charge is 0.314 e. The van der Waals surface area contributed by atoms with Crippen LogP contribution >= 0.6 is 0 Å². The molecule has 2 aromatic rings. The second-order valence-corrected chi connectivity index (χ2v) is 5.28.